The van der Waals surface area contributed by atoms with Crippen LogP contribution in [0.1, 0.15) is 66.7 Å². The Morgan fingerprint density at radius 2 is 1.63 bits per heavy atom. The zero-order valence-electron chi connectivity index (χ0n) is 13.6. The highest BCUT2D eigenvalue weighted by atomic mass is 14.9. The van der Waals surface area contributed by atoms with Crippen LogP contribution < -0.4 is 5.32 Å². The van der Waals surface area contributed by atoms with Crippen molar-refractivity contribution in [2.24, 2.45) is 34.5 Å². The maximum atomic E-state index is 3.72. The topological polar surface area (TPSA) is 12.0 Å². The molecular formula is C18H33N. The van der Waals surface area contributed by atoms with Crippen molar-refractivity contribution in [3.63, 3.8) is 0 Å². The minimum Gasteiger partial charge on any atom is -0.314 e. The number of nitrogens with one attached hydrogen (secondary N) is 1. The molecule has 0 aromatic heterocycles. The lowest BCUT2D eigenvalue weighted by Crippen LogP contribution is -2.57. The lowest BCUT2D eigenvalue weighted by Gasteiger charge is -2.64. The standard InChI is InChI=1S/C18H33N/c1-12(2)19-11-16-14-6-13-7-15(16)10-18(8-13,9-14)17(3,4)5/h12-16,19H,6-11H2,1-5H3. The molecular weight excluding hydrogens is 230 g/mol. The van der Waals surface area contributed by atoms with Crippen LogP contribution in [0, 0.1) is 34.5 Å². The molecule has 19 heavy (non-hydrogen) atoms. The van der Waals surface area contributed by atoms with Crippen LogP contribution in [0.2, 0.25) is 0 Å². The first-order chi connectivity index (χ1) is 8.81. The number of rotatable bonds is 3. The molecule has 1 nitrogen and oxygen atoms in total. The predicted octanol–water partition coefficient (Wildman–Crippen LogP) is 4.47. The normalized spacial score (nSPS) is 45.2. The van der Waals surface area contributed by atoms with Gasteiger partial charge >= 0.3 is 0 Å². The van der Waals surface area contributed by atoms with E-state index < -0.39 is 0 Å². The summed E-state index contributed by atoms with van der Waals surface area (Å²) in [5, 5.41) is 3.72. The van der Waals surface area contributed by atoms with Crippen LogP contribution in [0.5, 0.6) is 0 Å². The van der Waals surface area contributed by atoms with Crippen LogP contribution >= 0.6 is 0 Å². The quantitative estimate of drug-likeness (QED) is 0.792. The van der Waals surface area contributed by atoms with Gasteiger partial charge in [0.15, 0.2) is 0 Å². The molecule has 2 unspecified atom stereocenters. The van der Waals surface area contributed by atoms with E-state index in [2.05, 4.69) is 39.9 Å². The Morgan fingerprint density at radius 3 is 2.11 bits per heavy atom. The first-order valence-electron chi connectivity index (χ1n) is 8.54. The summed E-state index contributed by atoms with van der Waals surface area (Å²) < 4.78 is 0. The van der Waals surface area contributed by atoms with Crippen molar-refractivity contribution in [1.29, 1.82) is 0 Å². The lowest BCUT2D eigenvalue weighted by atomic mass is 9.41. The molecule has 4 bridgehead atoms. The highest BCUT2D eigenvalue weighted by molar-refractivity contribution is 5.08. The van der Waals surface area contributed by atoms with Crippen molar-refractivity contribution < 1.29 is 0 Å². The Kier molecular flexibility index (Phi) is 3.28. The Balaban J connectivity index is 1.76. The summed E-state index contributed by atoms with van der Waals surface area (Å²) in [7, 11) is 0. The third kappa shape index (κ3) is 2.26. The maximum absolute atomic E-state index is 3.72. The van der Waals surface area contributed by atoms with Gasteiger partial charge in [0.2, 0.25) is 0 Å². The van der Waals surface area contributed by atoms with Crippen LogP contribution in [0.4, 0.5) is 0 Å². The van der Waals surface area contributed by atoms with Gasteiger partial charge in [-0.3, -0.25) is 0 Å². The van der Waals surface area contributed by atoms with E-state index in [1.54, 1.807) is 12.8 Å². The van der Waals surface area contributed by atoms with Gasteiger partial charge in [0.25, 0.3) is 0 Å². The van der Waals surface area contributed by atoms with Gasteiger partial charge in [-0.2, -0.15) is 0 Å². The molecule has 0 aliphatic heterocycles. The van der Waals surface area contributed by atoms with E-state index in [0.29, 0.717) is 16.9 Å². The summed E-state index contributed by atoms with van der Waals surface area (Å²) in [6, 6.07) is 0.647. The molecule has 0 aromatic rings. The van der Waals surface area contributed by atoms with Crippen molar-refractivity contribution in [1.82, 2.24) is 5.32 Å². The molecule has 0 amide bonds. The van der Waals surface area contributed by atoms with Crippen molar-refractivity contribution >= 4 is 0 Å². The molecule has 0 saturated heterocycles. The van der Waals surface area contributed by atoms with E-state index in [0.717, 1.165) is 23.7 Å². The van der Waals surface area contributed by atoms with Crippen LogP contribution in [-0.2, 0) is 0 Å². The Hall–Kier alpha value is -0.0400. The largest absolute Gasteiger partial charge is 0.314 e. The minimum atomic E-state index is 0.513. The monoisotopic (exact) mass is 263 g/mol. The Morgan fingerprint density at radius 1 is 1.05 bits per heavy atom. The minimum absolute atomic E-state index is 0.513. The maximum Gasteiger partial charge on any atom is 0.00104 e. The van der Waals surface area contributed by atoms with Gasteiger partial charge in [-0.15, -0.1) is 0 Å². The fourth-order valence-corrected chi connectivity index (χ4v) is 5.75. The Bertz CT molecular complexity index is 322. The van der Waals surface area contributed by atoms with E-state index in [1.807, 2.05) is 0 Å². The van der Waals surface area contributed by atoms with Crippen LogP contribution in [0.3, 0.4) is 0 Å². The van der Waals surface area contributed by atoms with Gasteiger partial charge in [-0.1, -0.05) is 34.6 Å². The van der Waals surface area contributed by atoms with Gasteiger partial charge in [0.1, 0.15) is 0 Å². The van der Waals surface area contributed by atoms with Crippen LogP contribution in [0.15, 0.2) is 0 Å². The zero-order chi connectivity index (χ0) is 13.8. The summed E-state index contributed by atoms with van der Waals surface area (Å²) in [5.74, 6) is 4.09. The second-order valence-electron chi connectivity index (χ2n) is 9.23. The van der Waals surface area contributed by atoms with Crippen LogP contribution in [-0.4, -0.2) is 12.6 Å². The fraction of sp³-hybridized carbons (Fsp3) is 1.00. The molecule has 4 aliphatic carbocycles. The summed E-state index contributed by atoms with van der Waals surface area (Å²) in [6.45, 7) is 13.4. The molecule has 0 aromatic carbocycles. The average molecular weight is 263 g/mol. The molecule has 4 aliphatic rings. The highest BCUT2D eigenvalue weighted by Gasteiger charge is 2.58. The van der Waals surface area contributed by atoms with Crippen molar-refractivity contribution in [3.05, 3.63) is 0 Å². The zero-order valence-corrected chi connectivity index (χ0v) is 13.6. The van der Waals surface area contributed by atoms with Crippen molar-refractivity contribution in [2.45, 2.75) is 72.8 Å². The summed E-state index contributed by atoms with van der Waals surface area (Å²) in [6.07, 6.45) is 7.66. The second-order valence-corrected chi connectivity index (χ2v) is 9.23. The van der Waals surface area contributed by atoms with Crippen LogP contribution in [0.25, 0.3) is 0 Å². The van der Waals surface area contributed by atoms with E-state index in [9.17, 15) is 0 Å². The van der Waals surface area contributed by atoms with Gasteiger partial charge in [-0.25, -0.2) is 0 Å². The first-order valence-corrected chi connectivity index (χ1v) is 8.54. The molecule has 1 N–H and O–H groups in total. The van der Waals surface area contributed by atoms with E-state index in [1.165, 1.54) is 25.8 Å². The Labute approximate surface area is 119 Å². The highest BCUT2D eigenvalue weighted by Crippen LogP contribution is 2.67. The summed E-state index contributed by atoms with van der Waals surface area (Å²) >= 11 is 0. The van der Waals surface area contributed by atoms with Gasteiger partial charge < -0.3 is 5.32 Å². The van der Waals surface area contributed by atoms with Crippen molar-refractivity contribution in [2.75, 3.05) is 6.54 Å². The lowest BCUT2D eigenvalue weighted by molar-refractivity contribution is -0.143. The predicted molar refractivity (Wildman–Crippen MR) is 82.1 cm³/mol. The van der Waals surface area contributed by atoms with Gasteiger partial charge in [-0.05, 0) is 73.2 Å². The smallest absolute Gasteiger partial charge is 0.00104 e. The van der Waals surface area contributed by atoms with Gasteiger partial charge in [0.05, 0.1) is 0 Å². The molecule has 1 heteroatoms. The number of hydrogen-bond donors (Lipinski definition) is 1. The van der Waals surface area contributed by atoms with E-state index in [4.69, 9.17) is 0 Å². The number of hydrogen-bond acceptors (Lipinski definition) is 1. The molecule has 4 saturated carbocycles. The molecule has 0 radical (unpaired) electrons. The average Bonchev–Trinajstić information content (AvgIpc) is 2.25. The summed E-state index contributed by atoms with van der Waals surface area (Å²) in [5.41, 5.74) is 1.19. The summed E-state index contributed by atoms with van der Waals surface area (Å²) in [4.78, 5) is 0. The van der Waals surface area contributed by atoms with Gasteiger partial charge in [0, 0.05) is 6.04 Å². The molecule has 4 rings (SSSR count). The molecule has 0 spiro atoms. The molecule has 2 atom stereocenters. The fourth-order valence-electron chi connectivity index (χ4n) is 5.75. The second kappa shape index (κ2) is 4.48. The molecule has 0 heterocycles. The third-order valence-corrected chi connectivity index (χ3v) is 6.82. The third-order valence-electron chi connectivity index (χ3n) is 6.82. The van der Waals surface area contributed by atoms with Crippen molar-refractivity contribution in [3.8, 4) is 0 Å². The molecule has 4 fully saturated rings. The van der Waals surface area contributed by atoms with E-state index >= 15 is 0 Å². The van der Waals surface area contributed by atoms with E-state index in [-0.39, 0.29) is 0 Å². The molecule has 110 valence electrons. The first kappa shape index (κ1) is 13.9. The SMILES string of the molecule is CC(C)NCC1C2CC3CC1CC(C(C)(C)C)(C3)C2.